The molecular formula is C14H24N2O3. The van der Waals surface area contributed by atoms with Gasteiger partial charge in [-0.25, -0.2) is 4.79 Å². The number of hydrogen-bond donors (Lipinski definition) is 1. The van der Waals surface area contributed by atoms with Crippen molar-refractivity contribution in [1.82, 2.24) is 9.80 Å². The topological polar surface area (TPSA) is 60.9 Å². The Morgan fingerprint density at radius 1 is 1.11 bits per heavy atom. The Kier molecular flexibility index (Phi) is 4.32. The van der Waals surface area contributed by atoms with Gasteiger partial charge in [0, 0.05) is 24.7 Å². The van der Waals surface area contributed by atoms with E-state index in [1.807, 2.05) is 4.90 Å². The van der Waals surface area contributed by atoms with Crippen molar-refractivity contribution in [2.24, 2.45) is 0 Å². The number of carboxylic acid groups (broad SMARTS) is 1. The molecule has 0 aliphatic carbocycles. The van der Waals surface area contributed by atoms with E-state index in [0.29, 0.717) is 6.54 Å². The van der Waals surface area contributed by atoms with Gasteiger partial charge in [-0.15, -0.1) is 0 Å². The van der Waals surface area contributed by atoms with Crippen LogP contribution in [0.25, 0.3) is 0 Å². The first-order valence-corrected chi connectivity index (χ1v) is 7.31. The van der Waals surface area contributed by atoms with E-state index in [2.05, 4.69) is 13.8 Å². The largest absolute Gasteiger partial charge is 0.481 e. The minimum atomic E-state index is -0.815. The van der Waals surface area contributed by atoms with Crippen LogP contribution in [0.15, 0.2) is 0 Å². The summed E-state index contributed by atoms with van der Waals surface area (Å²) in [5, 5.41) is 8.94. The Labute approximate surface area is 114 Å². The van der Waals surface area contributed by atoms with Crippen molar-refractivity contribution in [3.63, 3.8) is 0 Å². The molecule has 2 aliphatic rings. The zero-order valence-electron chi connectivity index (χ0n) is 11.8. The van der Waals surface area contributed by atoms with Crippen LogP contribution >= 0.6 is 0 Å². The predicted molar refractivity (Wildman–Crippen MR) is 72.0 cm³/mol. The molecule has 2 saturated heterocycles. The molecule has 0 bridgehead atoms. The van der Waals surface area contributed by atoms with Gasteiger partial charge >= 0.3 is 12.0 Å². The molecule has 3 atom stereocenters. The number of rotatable bonds is 2. The highest BCUT2D eigenvalue weighted by Gasteiger charge is 2.37. The molecule has 0 saturated carbocycles. The van der Waals surface area contributed by atoms with Crippen LogP contribution < -0.4 is 0 Å². The number of piperidine rings is 1. The minimum Gasteiger partial charge on any atom is -0.481 e. The summed E-state index contributed by atoms with van der Waals surface area (Å²) >= 11 is 0. The van der Waals surface area contributed by atoms with Gasteiger partial charge in [-0.2, -0.15) is 0 Å². The third-order valence-electron chi connectivity index (χ3n) is 4.45. The van der Waals surface area contributed by atoms with Gasteiger partial charge in [-0.1, -0.05) is 0 Å². The highest BCUT2D eigenvalue weighted by molar-refractivity contribution is 5.77. The second-order valence-electron chi connectivity index (χ2n) is 5.91. The molecule has 108 valence electrons. The maximum absolute atomic E-state index is 12.7. The van der Waals surface area contributed by atoms with E-state index in [1.54, 1.807) is 4.90 Å². The third-order valence-corrected chi connectivity index (χ3v) is 4.45. The van der Waals surface area contributed by atoms with E-state index < -0.39 is 5.97 Å². The first kappa shape index (κ1) is 14.2. The predicted octanol–water partition coefficient (Wildman–Crippen LogP) is 2.31. The number of amides is 2. The highest BCUT2D eigenvalue weighted by atomic mass is 16.4. The Morgan fingerprint density at radius 3 is 2.32 bits per heavy atom. The zero-order chi connectivity index (χ0) is 14.0. The van der Waals surface area contributed by atoms with Gasteiger partial charge < -0.3 is 14.9 Å². The van der Waals surface area contributed by atoms with Crippen LogP contribution in [0.1, 0.15) is 52.4 Å². The van der Waals surface area contributed by atoms with Gasteiger partial charge in [0.25, 0.3) is 0 Å². The number of carbonyl (C=O) groups excluding carboxylic acids is 1. The van der Waals surface area contributed by atoms with Gasteiger partial charge in [0.1, 0.15) is 0 Å². The average Bonchev–Trinajstić information content (AvgIpc) is 2.75. The van der Waals surface area contributed by atoms with E-state index in [0.717, 1.165) is 25.7 Å². The molecule has 19 heavy (non-hydrogen) atoms. The number of likely N-dealkylation sites (tertiary alicyclic amines) is 2. The second kappa shape index (κ2) is 5.80. The van der Waals surface area contributed by atoms with Crippen LogP contribution in [0.3, 0.4) is 0 Å². The summed E-state index contributed by atoms with van der Waals surface area (Å²) in [7, 11) is 0. The quantitative estimate of drug-likeness (QED) is 0.836. The summed E-state index contributed by atoms with van der Waals surface area (Å²) in [5.41, 5.74) is 0. The fourth-order valence-corrected chi connectivity index (χ4v) is 3.45. The van der Waals surface area contributed by atoms with Crippen molar-refractivity contribution in [3.05, 3.63) is 0 Å². The molecule has 1 N–H and O–H groups in total. The van der Waals surface area contributed by atoms with Gasteiger partial charge in [-0.05, 0) is 46.0 Å². The van der Waals surface area contributed by atoms with Crippen molar-refractivity contribution in [3.8, 4) is 0 Å². The number of carbonyl (C=O) groups is 2. The molecular weight excluding hydrogens is 244 g/mol. The lowest BCUT2D eigenvalue weighted by Gasteiger charge is -2.42. The van der Waals surface area contributed by atoms with Crippen LogP contribution in [0.2, 0.25) is 0 Å². The minimum absolute atomic E-state index is 0.0449. The Hall–Kier alpha value is -1.26. The number of urea groups is 1. The summed E-state index contributed by atoms with van der Waals surface area (Å²) in [6, 6.07) is 0.458. The zero-order valence-corrected chi connectivity index (χ0v) is 11.8. The normalized spacial score (nSPS) is 31.6. The molecule has 0 aromatic carbocycles. The molecule has 2 heterocycles. The molecule has 2 rings (SSSR count). The number of nitrogens with zero attached hydrogens (tertiary/aromatic N) is 2. The van der Waals surface area contributed by atoms with E-state index >= 15 is 0 Å². The first-order chi connectivity index (χ1) is 9.00. The standard InChI is InChI=1S/C14H24N2O3/c1-10-5-3-6-11(2)16(10)14(19)15-8-4-7-12(15)9-13(17)18/h10-12H,3-9H2,1-2H3,(H,17,18)/t10-,11+,12?. The van der Waals surface area contributed by atoms with Gasteiger partial charge in [0.05, 0.1) is 6.42 Å². The SMILES string of the molecule is C[C@@H]1CCC[C@H](C)N1C(=O)N1CCCC1CC(=O)O. The van der Waals surface area contributed by atoms with Gasteiger partial charge in [0.15, 0.2) is 0 Å². The molecule has 2 aliphatic heterocycles. The van der Waals surface area contributed by atoms with E-state index in [-0.39, 0.29) is 30.6 Å². The van der Waals surface area contributed by atoms with E-state index in [1.165, 1.54) is 6.42 Å². The number of aliphatic carboxylic acids is 1. The number of carboxylic acids is 1. The maximum atomic E-state index is 12.7. The molecule has 5 nitrogen and oxygen atoms in total. The van der Waals surface area contributed by atoms with Crippen LogP contribution in [-0.2, 0) is 4.79 Å². The van der Waals surface area contributed by atoms with Crippen molar-refractivity contribution in [2.75, 3.05) is 6.54 Å². The van der Waals surface area contributed by atoms with Crippen molar-refractivity contribution in [1.29, 1.82) is 0 Å². The van der Waals surface area contributed by atoms with Gasteiger partial charge in [-0.3, -0.25) is 4.79 Å². The second-order valence-corrected chi connectivity index (χ2v) is 5.91. The molecule has 0 aromatic heterocycles. The molecule has 5 heteroatoms. The van der Waals surface area contributed by atoms with Gasteiger partial charge in [0.2, 0.25) is 0 Å². The monoisotopic (exact) mass is 268 g/mol. The van der Waals surface area contributed by atoms with Crippen LogP contribution in [0.4, 0.5) is 4.79 Å². The first-order valence-electron chi connectivity index (χ1n) is 7.31. The summed E-state index contributed by atoms with van der Waals surface area (Å²) in [4.78, 5) is 27.3. The number of hydrogen-bond acceptors (Lipinski definition) is 2. The van der Waals surface area contributed by atoms with E-state index in [4.69, 9.17) is 5.11 Å². The molecule has 0 radical (unpaired) electrons. The highest BCUT2D eigenvalue weighted by Crippen LogP contribution is 2.28. The van der Waals surface area contributed by atoms with Crippen LogP contribution in [0, 0.1) is 0 Å². The van der Waals surface area contributed by atoms with Crippen LogP contribution in [0.5, 0.6) is 0 Å². The third kappa shape index (κ3) is 3.01. The van der Waals surface area contributed by atoms with E-state index in [9.17, 15) is 9.59 Å². The molecule has 0 aromatic rings. The fraction of sp³-hybridized carbons (Fsp3) is 0.857. The summed E-state index contributed by atoms with van der Waals surface area (Å²) in [6.07, 6.45) is 5.07. The summed E-state index contributed by atoms with van der Waals surface area (Å²) in [5.74, 6) is -0.815. The lowest BCUT2D eigenvalue weighted by atomic mass is 9.98. The molecule has 2 amide bonds. The average molecular weight is 268 g/mol. The fourth-order valence-electron chi connectivity index (χ4n) is 3.45. The molecule has 0 spiro atoms. The lowest BCUT2D eigenvalue weighted by Crippen LogP contribution is -2.54. The molecule has 2 fully saturated rings. The Morgan fingerprint density at radius 2 is 1.74 bits per heavy atom. The maximum Gasteiger partial charge on any atom is 0.320 e. The Bertz CT molecular complexity index is 349. The van der Waals surface area contributed by atoms with Crippen molar-refractivity contribution < 1.29 is 14.7 Å². The Balaban J connectivity index is 2.06. The smallest absolute Gasteiger partial charge is 0.320 e. The molecule has 1 unspecified atom stereocenters. The van der Waals surface area contributed by atoms with Crippen molar-refractivity contribution in [2.45, 2.75) is 70.5 Å². The lowest BCUT2D eigenvalue weighted by molar-refractivity contribution is -0.138. The summed E-state index contributed by atoms with van der Waals surface area (Å²) in [6.45, 7) is 4.89. The van der Waals surface area contributed by atoms with Crippen LogP contribution in [-0.4, -0.2) is 51.6 Å². The van der Waals surface area contributed by atoms with Crippen molar-refractivity contribution >= 4 is 12.0 Å². The summed E-state index contributed by atoms with van der Waals surface area (Å²) < 4.78 is 0.